The number of nitro groups is 1. The Hall–Kier alpha value is -1.80. The van der Waals surface area contributed by atoms with Gasteiger partial charge in [0, 0.05) is 10.4 Å². The molecule has 0 aliphatic heterocycles. The molecule has 0 N–H and O–H groups in total. The average Bonchev–Trinajstić information content (AvgIpc) is 2.85. The average molecular weight is 371 g/mol. The fourth-order valence-electron chi connectivity index (χ4n) is 1.82. The quantitative estimate of drug-likeness (QED) is 0.470. The number of carbonyl (C=O) groups excluding carboxylic acids is 1. The summed E-state index contributed by atoms with van der Waals surface area (Å²) in [5.74, 6) is -0.250. The van der Waals surface area contributed by atoms with Crippen LogP contribution in [0.4, 0.5) is 5.69 Å². The van der Waals surface area contributed by atoms with Crippen LogP contribution >= 0.6 is 27.3 Å². The number of aryl methyl sites for hydroxylation is 1. The van der Waals surface area contributed by atoms with Crippen LogP contribution in [0.1, 0.15) is 20.1 Å². The molecular weight excluding hydrogens is 360 g/mol. The first-order valence-electron chi connectivity index (χ1n) is 5.95. The SMILES string of the molecule is Cc1ccc(C(=O)Cn2cc([N+](=O)[O-])c(C)c(Br)c2=O)s1. The molecule has 0 saturated heterocycles. The molecule has 0 spiro atoms. The molecule has 2 aromatic rings. The normalized spacial score (nSPS) is 10.6. The fourth-order valence-corrected chi connectivity index (χ4v) is 3.05. The second kappa shape index (κ2) is 5.90. The number of halogens is 1. The Balaban J connectivity index is 2.43. The predicted octanol–water partition coefficient (Wildman–Crippen LogP) is 3.08. The number of ketones is 1. The number of thiophene rings is 1. The van der Waals surface area contributed by atoms with Crippen LogP contribution in [0.15, 0.2) is 27.6 Å². The Bertz CT molecular complexity index is 794. The lowest BCUT2D eigenvalue weighted by Crippen LogP contribution is -2.25. The summed E-state index contributed by atoms with van der Waals surface area (Å²) in [7, 11) is 0. The molecule has 0 fully saturated rings. The summed E-state index contributed by atoms with van der Waals surface area (Å²) in [6.07, 6.45) is 1.11. The van der Waals surface area contributed by atoms with Crippen molar-refractivity contribution in [2.75, 3.05) is 0 Å². The van der Waals surface area contributed by atoms with Crippen molar-refractivity contribution in [2.45, 2.75) is 20.4 Å². The van der Waals surface area contributed by atoms with Crippen molar-refractivity contribution in [1.29, 1.82) is 0 Å². The number of hydrogen-bond donors (Lipinski definition) is 0. The molecule has 2 heterocycles. The third-order valence-electron chi connectivity index (χ3n) is 2.97. The minimum Gasteiger partial charge on any atom is -0.300 e. The molecule has 0 unspecified atom stereocenters. The van der Waals surface area contributed by atoms with E-state index in [4.69, 9.17) is 0 Å². The largest absolute Gasteiger partial charge is 0.300 e. The standard InChI is InChI=1S/C13H11BrN2O4S/c1-7-3-4-11(21-7)10(17)6-15-5-9(16(19)20)8(2)12(14)13(15)18/h3-5H,6H2,1-2H3. The lowest BCUT2D eigenvalue weighted by molar-refractivity contribution is -0.386. The summed E-state index contributed by atoms with van der Waals surface area (Å²) in [4.78, 5) is 36.1. The highest BCUT2D eigenvalue weighted by Gasteiger charge is 2.20. The molecule has 0 aliphatic carbocycles. The molecule has 21 heavy (non-hydrogen) atoms. The molecule has 0 amide bonds. The Morgan fingerprint density at radius 2 is 2.10 bits per heavy atom. The zero-order valence-electron chi connectivity index (χ0n) is 11.3. The van der Waals surface area contributed by atoms with E-state index in [-0.39, 0.29) is 28.1 Å². The van der Waals surface area contributed by atoms with E-state index in [1.165, 1.54) is 18.3 Å². The van der Waals surface area contributed by atoms with Gasteiger partial charge in [0.15, 0.2) is 5.78 Å². The van der Waals surface area contributed by atoms with Crippen molar-refractivity contribution < 1.29 is 9.72 Å². The van der Waals surface area contributed by atoms with Gasteiger partial charge in [-0.15, -0.1) is 11.3 Å². The first kappa shape index (κ1) is 15.6. The molecule has 0 atom stereocenters. The third kappa shape index (κ3) is 3.11. The van der Waals surface area contributed by atoms with E-state index in [1.54, 1.807) is 6.07 Å². The predicted molar refractivity (Wildman–Crippen MR) is 83.2 cm³/mol. The van der Waals surface area contributed by atoms with Crippen LogP contribution in [-0.4, -0.2) is 15.3 Å². The van der Waals surface area contributed by atoms with E-state index in [2.05, 4.69) is 15.9 Å². The van der Waals surface area contributed by atoms with Crippen molar-refractivity contribution in [3.8, 4) is 0 Å². The first-order valence-corrected chi connectivity index (χ1v) is 7.55. The van der Waals surface area contributed by atoms with Gasteiger partial charge in [-0.1, -0.05) is 0 Å². The first-order chi connectivity index (χ1) is 9.81. The van der Waals surface area contributed by atoms with Crippen LogP contribution < -0.4 is 5.56 Å². The maximum atomic E-state index is 12.1. The molecule has 0 aliphatic rings. The van der Waals surface area contributed by atoms with Crippen molar-refractivity contribution in [3.63, 3.8) is 0 Å². The highest BCUT2D eigenvalue weighted by atomic mass is 79.9. The molecule has 0 radical (unpaired) electrons. The van der Waals surface area contributed by atoms with Gasteiger partial charge in [-0.25, -0.2) is 0 Å². The summed E-state index contributed by atoms with van der Waals surface area (Å²) < 4.78 is 1.17. The summed E-state index contributed by atoms with van der Waals surface area (Å²) >= 11 is 4.38. The van der Waals surface area contributed by atoms with Crippen molar-refractivity contribution in [1.82, 2.24) is 4.57 Å². The second-order valence-electron chi connectivity index (χ2n) is 4.48. The van der Waals surface area contributed by atoms with E-state index in [0.717, 1.165) is 15.6 Å². The Morgan fingerprint density at radius 3 is 2.62 bits per heavy atom. The maximum Gasteiger partial charge on any atom is 0.289 e. The van der Waals surface area contributed by atoms with Gasteiger partial charge in [-0.3, -0.25) is 24.3 Å². The third-order valence-corrected chi connectivity index (χ3v) is 4.94. The second-order valence-corrected chi connectivity index (χ2v) is 6.56. The molecule has 2 rings (SSSR count). The van der Waals surface area contributed by atoms with E-state index in [9.17, 15) is 19.7 Å². The van der Waals surface area contributed by atoms with Crippen LogP contribution in [0, 0.1) is 24.0 Å². The summed E-state index contributed by atoms with van der Waals surface area (Å²) in [6, 6.07) is 3.50. The van der Waals surface area contributed by atoms with E-state index < -0.39 is 10.5 Å². The molecule has 8 heteroatoms. The topological polar surface area (TPSA) is 82.2 Å². The van der Waals surface area contributed by atoms with Crippen LogP contribution in [0.3, 0.4) is 0 Å². The van der Waals surface area contributed by atoms with E-state index in [1.807, 2.05) is 13.0 Å². The van der Waals surface area contributed by atoms with Gasteiger partial charge >= 0.3 is 0 Å². The zero-order chi connectivity index (χ0) is 15.7. The van der Waals surface area contributed by atoms with E-state index >= 15 is 0 Å². The highest BCUT2D eigenvalue weighted by molar-refractivity contribution is 9.10. The van der Waals surface area contributed by atoms with Crippen molar-refractivity contribution >= 4 is 38.7 Å². The zero-order valence-corrected chi connectivity index (χ0v) is 13.7. The van der Waals surface area contributed by atoms with Gasteiger partial charge in [-0.05, 0) is 41.9 Å². The number of hydrogen-bond acceptors (Lipinski definition) is 5. The monoisotopic (exact) mass is 370 g/mol. The molecular formula is C13H11BrN2O4S. The summed E-state index contributed by atoms with van der Waals surface area (Å²) in [6.45, 7) is 3.14. The van der Waals surface area contributed by atoms with Gasteiger partial charge in [-0.2, -0.15) is 0 Å². The van der Waals surface area contributed by atoms with Crippen molar-refractivity contribution in [3.05, 3.63) is 58.6 Å². The van der Waals surface area contributed by atoms with Gasteiger partial charge in [0.05, 0.1) is 27.0 Å². The molecule has 2 aromatic heterocycles. The number of aromatic nitrogens is 1. The minimum absolute atomic E-state index is 0.104. The fraction of sp³-hybridized carbons (Fsp3) is 0.231. The van der Waals surface area contributed by atoms with Crippen LogP contribution in [0.2, 0.25) is 0 Å². The maximum absolute atomic E-state index is 12.1. The smallest absolute Gasteiger partial charge is 0.289 e. The van der Waals surface area contributed by atoms with Crippen LogP contribution in [0.25, 0.3) is 0 Å². The summed E-state index contributed by atoms with van der Waals surface area (Å²) in [5.41, 5.74) is -0.406. The molecule has 0 aromatic carbocycles. The van der Waals surface area contributed by atoms with Gasteiger partial charge in [0.2, 0.25) is 0 Å². The Morgan fingerprint density at radius 1 is 1.43 bits per heavy atom. The minimum atomic E-state index is -0.574. The number of rotatable bonds is 4. The van der Waals surface area contributed by atoms with Crippen LogP contribution in [0.5, 0.6) is 0 Å². The number of pyridine rings is 1. The van der Waals surface area contributed by atoms with Gasteiger partial charge in [0.25, 0.3) is 11.2 Å². The Kier molecular flexibility index (Phi) is 4.38. The number of carbonyl (C=O) groups is 1. The number of Topliss-reactive ketones (excluding diaryl/α,β-unsaturated/α-hetero) is 1. The lowest BCUT2D eigenvalue weighted by atomic mass is 10.2. The van der Waals surface area contributed by atoms with Gasteiger partial charge < -0.3 is 0 Å². The van der Waals surface area contributed by atoms with E-state index in [0.29, 0.717) is 4.88 Å². The summed E-state index contributed by atoms with van der Waals surface area (Å²) in [5, 5.41) is 11.0. The molecule has 110 valence electrons. The number of nitrogens with zero attached hydrogens (tertiary/aromatic N) is 2. The van der Waals surface area contributed by atoms with Crippen molar-refractivity contribution in [2.24, 2.45) is 0 Å². The highest BCUT2D eigenvalue weighted by Crippen LogP contribution is 2.23. The van der Waals surface area contributed by atoms with Gasteiger partial charge in [0.1, 0.15) is 0 Å². The molecule has 0 saturated carbocycles. The Labute approximate surface area is 132 Å². The molecule has 0 bridgehead atoms. The lowest BCUT2D eigenvalue weighted by Gasteiger charge is -2.07. The molecule has 6 nitrogen and oxygen atoms in total. The van der Waals surface area contributed by atoms with Crippen LogP contribution in [-0.2, 0) is 6.54 Å².